The molecule has 0 aromatic carbocycles. The molecule has 166 valence electrons. The average Bonchev–Trinajstić information content (AvgIpc) is 3.09. The van der Waals surface area contributed by atoms with Crippen LogP contribution in [0.15, 0.2) is 12.3 Å². The number of hydrogen-bond acceptors (Lipinski definition) is 6. The van der Waals surface area contributed by atoms with E-state index in [1.807, 2.05) is 6.20 Å². The summed E-state index contributed by atoms with van der Waals surface area (Å²) in [5, 5.41) is 3.73. The second-order valence-electron chi connectivity index (χ2n) is 10.1. The first-order valence-corrected chi connectivity index (χ1v) is 12.6. The number of piperidine rings is 1. The minimum Gasteiger partial charge on any atom is -0.356 e. The highest BCUT2D eigenvalue weighted by molar-refractivity contribution is 5.43. The van der Waals surface area contributed by atoms with E-state index in [0.717, 1.165) is 49.5 Å². The molecule has 2 bridgehead atoms. The molecule has 5 heterocycles. The van der Waals surface area contributed by atoms with E-state index in [1.165, 1.54) is 77.2 Å². The van der Waals surface area contributed by atoms with Crippen LogP contribution in [-0.2, 0) is 0 Å². The van der Waals surface area contributed by atoms with Crippen LogP contribution in [0, 0.1) is 0 Å². The van der Waals surface area contributed by atoms with Crippen molar-refractivity contribution < 1.29 is 0 Å². The summed E-state index contributed by atoms with van der Waals surface area (Å²) in [7, 11) is 2.35. The smallest absolute Gasteiger partial charge is 0.224 e. The molecule has 1 aromatic heterocycles. The maximum Gasteiger partial charge on any atom is 0.224 e. The zero-order valence-corrected chi connectivity index (χ0v) is 18.8. The summed E-state index contributed by atoms with van der Waals surface area (Å²) in [5.41, 5.74) is 0. The van der Waals surface area contributed by atoms with Gasteiger partial charge in [0.05, 0.1) is 0 Å². The lowest BCUT2D eigenvalue weighted by atomic mass is 9.96. The van der Waals surface area contributed by atoms with Crippen molar-refractivity contribution in [1.82, 2.24) is 19.8 Å². The standard InChI is InChI=1S/C24H40N6/c1-28-20-9-10-21(28)17-22(16-20)30-15-7-4-8-19(18-30)26-24-25-12-11-23(27-24)29-13-5-2-3-6-14-29/h11-12,19-22H,2-10,13-18H2,1H3,(H,25,26,27). The topological polar surface area (TPSA) is 47.5 Å². The number of nitrogens with one attached hydrogen (secondary N) is 1. The Bertz CT molecular complexity index is 674. The molecule has 4 fully saturated rings. The van der Waals surface area contributed by atoms with Crippen molar-refractivity contribution >= 4 is 11.8 Å². The van der Waals surface area contributed by atoms with E-state index in [-0.39, 0.29) is 0 Å². The van der Waals surface area contributed by atoms with Gasteiger partial charge in [0.1, 0.15) is 5.82 Å². The van der Waals surface area contributed by atoms with Gasteiger partial charge in [-0.15, -0.1) is 0 Å². The summed E-state index contributed by atoms with van der Waals surface area (Å²) in [6.07, 6.45) is 16.6. The Hall–Kier alpha value is -1.40. The number of rotatable bonds is 4. The van der Waals surface area contributed by atoms with Crippen LogP contribution in [0.25, 0.3) is 0 Å². The maximum absolute atomic E-state index is 4.92. The number of hydrogen-bond donors (Lipinski definition) is 1. The summed E-state index contributed by atoms with van der Waals surface area (Å²) in [5.74, 6) is 1.93. The van der Waals surface area contributed by atoms with E-state index in [0.29, 0.717) is 6.04 Å². The fourth-order valence-electron chi connectivity index (χ4n) is 6.38. The van der Waals surface area contributed by atoms with E-state index >= 15 is 0 Å². The molecule has 4 aliphatic rings. The quantitative estimate of drug-likeness (QED) is 0.813. The van der Waals surface area contributed by atoms with Crippen LogP contribution in [0.1, 0.15) is 70.6 Å². The van der Waals surface area contributed by atoms with E-state index in [1.54, 1.807) is 0 Å². The minimum atomic E-state index is 0.462. The van der Waals surface area contributed by atoms with Crippen molar-refractivity contribution in [3.05, 3.63) is 12.3 Å². The Kier molecular flexibility index (Phi) is 6.42. The van der Waals surface area contributed by atoms with Crippen LogP contribution in [0.2, 0.25) is 0 Å². The predicted octanol–water partition coefficient (Wildman–Crippen LogP) is 3.75. The van der Waals surface area contributed by atoms with Gasteiger partial charge in [-0.1, -0.05) is 19.3 Å². The highest BCUT2D eigenvalue weighted by Gasteiger charge is 2.40. The number of likely N-dealkylation sites (tertiary alicyclic amines) is 1. The van der Waals surface area contributed by atoms with Gasteiger partial charge in [0.2, 0.25) is 5.95 Å². The molecule has 0 saturated carbocycles. The molecule has 6 nitrogen and oxygen atoms in total. The lowest BCUT2D eigenvalue weighted by Crippen LogP contribution is -2.51. The van der Waals surface area contributed by atoms with Crippen molar-refractivity contribution in [2.75, 3.05) is 43.4 Å². The second kappa shape index (κ2) is 9.39. The lowest BCUT2D eigenvalue weighted by molar-refractivity contribution is 0.0760. The molecule has 1 N–H and O–H groups in total. The zero-order chi connectivity index (χ0) is 20.3. The monoisotopic (exact) mass is 412 g/mol. The van der Waals surface area contributed by atoms with Gasteiger partial charge in [-0.2, -0.15) is 4.98 Å². The molecule has 4 aliphatic heterocycles. The van der Waals surface area contributed by atoms with Crippen LogP contribution in [0.5, 0.6) is 0 Å². The van der Waals surface area contributed by atoms with Crippen LogP contribution >= 0.6 is 0 Å². The molecule has 0 aliphatic carbocycles. The predicted molar refractivity (Wildman–Crippen MR) is 123 cm³/mol. The highest BCUT2D eigenvalue weighted by Crippen LogP contribution is 2.37. The third-order valence-electron chi connectivity index (χ3n) is 8.20. The first-order valence-electron chi connectivity index (χ1n) is 12.6. The first-order chi connectivity index (χ1) is 14.8. The number of aromatic nitrogens is 2. The molecule has 4 saturated heterocycles. The van der Waals surface area contributed by atoms with Crippen molar-refractivity contribution in [2.24, 2.45) is 0 Å². The minimum absolute atomic E-state index is 0.462. The molecule has 1 aromatic rings. The van der Waals surface area contributed by atoms with Crippen molar-refractivity contribution in [1.29, 1.82) is 0 Å². The Morgan fingerprint density at radius 2 is 1.60 bits per heavy atom. The van der Waals surface area contributed by atoms with Gasteiger partial charge in [-0.3, -0.25) is 4.90 Å². The highest BCUT2D eigenvalue weighted by atomic mass is 15.3. The lowest BCUT2D eigenvalue weighted by Gasteiger charge is -2.42. The molecule has 6 heteroatoms. The van der Waals surface area contributed by atoms with Gasteiger partial charge in [-0.05, 0) is 71.0 Å². The zero-order valence-electron chi connectivity index (χ0n) is 18.8. The third kappa shape index (κ3) is 4.59. The van der Waals surface area contributed by atoms with E-state index in [4.69, 9.17) is 4.98 Å². The van der Waals surface area contributed by atoms with Gasteiger partial charge in [0.15, 0.2) is 0 Å². The average molecular weight is 413 g/mol. The molecular formula is C24H40N6. The summed E-state index contributed by atoms with van der Waals surface area (Å²) in [4.78, 5) is 17.4. The van der Waals surface area contributed by atoms with Crippen LogP contribution < -0.4 is 10.2 Å². The fourth-order valence-corrected chi connectivity index (χ4v) is 6.38. The SMILES string of the molecule is CN1C2CCC1CC(N1CCCCC(Nc3nccc(N4CCCCCC4)n3)C1)C2. The Morgan fingerprint density at radius 1 is 0.867 bits per heavy atom. The third-order valence-corrected chi connectivity index (χ3v) is 8.20. The molecule has 5 rings (SSSR count). The van der Waals surface area contributed by atoms with Gasteiger partial charge in [-0.25, -0.2) is 4.98 Å². The van der Waals surface area contributed by atoms with E-state index in [9.17, 15) is 0 Å². The largest absolute Gasteiger partial charge is 0.356 e. The molecule has 30 heavy (non-hydrogen) atoms. The molecule has 0 amide bonds. The molecule has 0 spiro atoms. The van der Waals surface area contributed by atoms with Gasteiger partial charge in [0.25, 0.3) is 0 Å². The van der Waals surface area contributed by atoms with Crippen molar-refractivity contribution in [2.45, 2.75) is 94.8 Å². The number of nitrogens with zero attached hydrogens (tertiary/aromatic N) is 5. The molecule has 0 radical (unpaired) electrons. The summed E-state index contributed by atoms with van der Waals surface area (Å²) in [6.45, 7) is 4.67. The Labute approximate surface area is 182 Å². The first kappa shape index (κ1) is 20.5. The van der Waals surface area contributed by atoms with E-state index in [2.05, 4.69) is 38.1 Å². The van der Waals surface area contributed by atoms with Gasteiger partial charge >= 0.3 is 0 Å². The second-order valence-corrected chi connectivity index (χ2v) is 10.1. The van der Waals surface area contributed by atoms with Gasteiger partial charge in [0, 0.05) is 50.0 Å². The fraction of sp³-hybridized carbons (Fsp3) is 0.833. The van der Waals surface area contributed by atoms with Gasteiger partial charge < -0.3 is 15.1 Å². The Balaban J connectivity index is 1.23. The van der Waals surface area contributed by atoms with Crippen LogP contribution in [-0.4, -0.2) is 77.2 Å². The normalized spacial score (nSPS) is 33.8. The van der Waals surface area contributed by atoms with Crippen molar-refractivity contribution in [3.8, 4) is 0 Å². The van der Waals surface area contributed by atoms with Crippen LogP contribution in [0.3, 0.4) is 0 Å². The maximum atomic E-state index is 4.92. The van der Waals surface area contributed by atoms with Crippen molar-refractivity contribution in [3.63, 3.8) is 0 Å². The summed E-state index contributed by atoms with van der Waals surface area (Å²) >= 11 is 0. The van der Waals surface area contributed by atoms with Crippen LogP contribution in [0.4, 0.5) is 11.8 Å². The molecular weight excluding hydrogens is 372 g/mol. The molecule has 3 unspecified atom stereocenters. The summed E-state index contributed by atoms with van der Waals surface area (Å²) in [6, 6.07) is 4.95. The number of fused-ring (bicyclic) bond motifs is 2. The molecule has 3 atom stereocenters. The Morgan fingerprint density at radius 3 is 2.37 bits per heavy atom. The summed E-state index contributed by atoms with van der Waals surface area (Å²) < 4.78 is 0. The van der Waals surface area contributed by atoms with E-state index < -0.39 is 0 Å². The number of anilines is 2.